The van der Waals surface area contributed by atoms with Crippen molar-refractivity contribution in [2.45, 2.75) is 38.5 Å². The van der Waals surface area contributed by atoms with Crippen molar-refractivity contribution < 1.29 is 4.79 Å². The molecule has 0 bridgehead atoms. The van der Waals surface area contributed by atoms with E-state index in [0.29, 0.717) is 5.88 Å². The number of hydrogen-bond donors (Lipinski definition) is 1. The lowest BCUT2D eigenvalue weighted by Crippen LogP contribution is -2.30. The number of benzene rings is 1. The number of halogens is 1. The molecule has 17 heavy (non-hydrogen) atoms. The summed E-state index contributed by atoms with van der Waals surface area (Å²) >= 11 is 5.72. The molecular formula is C14H18ClNO. The Bertz CT molecular complexity index is 393. The van der Waals surface area contributed by atoms with Crippen molar-refractivity contribution in [1.82, 2.24) is 0 Å². The summed E-state index contributed by atoms with van der Waals surface area (Å²) in [6.07, 6.45) is 4.32. The van der Waals surface area contributed by atoms with Crippen molar-refractivity contribution in [3.05, 3.63) is 29.8 Å². The molecule has 3 heteroatoms. The number of carbonyl (C=O) groups excluding carboxylic acids is 1. The second-order valence-electron chi connectivity index (χ2n) is 5.05. The van der Waals surface area contributed by atoms with Gasteiger partial charge in [0.2, 0.25) is 5.91 Å². The molecule has 0 aromatic heterocycles. The smallest absolute Gasteiger partial charge is 0.230 e. The van der Waals surface area contributed by atoms with Crippen LogP contribution in [0.2, 0.25) is 0 Å². The normalized spacial score (nSPS) is 18.0. The molecule has 0 unspecified atom stereocenters. The molecule has 0 heterocycles. The fourth-order valence-electron chi connectivity index (χ4n) is 2.34. The Hall–Kier alpha value is -1.02. The molecule has 1 amide bonds. The van der Waals surface area contributed by atoms with E-state index >= 15 is 0 Å². The zero-order chi connectivity index (χ0) is 12.3. The van der Waals surface area contributed by atoms with E-state index in [0.717, 1.165) is 36.9 Å². The zero-order valence-corrected chi connectivity index (χ0v) is 10.9. The maximum Gasteiger partial charge on any atom is 0.230 e. The van der Waals surface area contributed by atoms with Crippen LogP contribution in [0.5, 0.6) is 0 Å². The second-order valence-corrected chi connectivity index (χ2v) is 5.32. The maximum atomic E-state index is 12.2. The lowest BCUT2D eigenvalue weighted by atomic mass is 9.88. The van der Waals surface area contributed by atoms with E-state index in [-0.39, 0.29) is 11.3 Å². The quantitative estimate of drug-likeness (QED) is 0.810. The van der Waals surface area contributed by atoms with Gasteiger partial charge in [-0.05, 0) is 30.5 Å². The van der Waals surface area contributed by atoms with Crippen LogP contribution in [0.3, 0.4) is 0 Å². The predicted octanol–water partition coefficient (Wildman–Crippen LogP) is 3.94. The van der Waals surface area contributed by atoms with Gasteiger partial charge in [0.05, 0.1) is 0 Å². The van der Waals surface area contributed by atoms with Crippen LogP contribution in [0.15, 0.2) is 24.3 Å². The Morgan fingerprint density at radius 2 is 1.88 bits per heavy atom. The molecule has 1 N–H and O–H groups in total. The van der Waals surface area contributed by atoms with Crippen LogP contribution in [-0.4, -0.2) is 5.91 Å². The minimum atomic E-state index is -0.175. The highest BCUT2D eigenvalue weighted by atomic mass is 35.5. The summed E-state index contributed by atoms with van der Waals surface area (Å²) in [7, 11) is 0. The summed E-state index contributed by atoms with van der Waals surface area (Å²) in [5.74, 6) is 0.653. The fraction of sp³-hybridized carbons (Fsp3) is 0.500. The number of anilines is 1. The molecular weight excluding hydrogens is 234 g/mol. The topological polar surface area (TPSA) is 29.1 Å². The zero-order valence-electron chi connectivity index (χ0n) is 10.1. The van der Waals surface area contributed by atoms with Crippen LogP contribution in [0.1, 0.15) is 38.2 Å². The monoisotopic (exact) mass is 251 g/mol. The minimum Gasteiger partial charge on any atom is -0.326 e. The molecule has 1 aromatic rings. The van der Waals surface area contributed by atoms with Crippen LogP contribution in [0.25, 0.3) is 0 Å². The molecule has 92 valence electrons. The van der Waals surface area contributed by atoms with Gasteiger partial charge < -0.3 is 5.32 Å². The number of rotatable bonds is 3. The number of nitrogens with one attached hydrogen (secondary N) is 1. The molecule has 0 radical (unpaired) electrons. The van der Waals surface area contributed by atoms with Crippen molar-refractivity contribution in [3.63, 3.8) is 0 Å². The van der Waals surface area contributed by atoms with Gasteiger partial charge in [-0.3, -0.25) is 4.79 Å². The number of carbonyl (C=O) groups is 1. The molecule has 0 saturated heterocycles. The van der Waals surface area contributed by atoms with Gasteiger partial charge in [0, 0.05) is 17.0 Å². The Morgan fingerprint density at radius 1 is 1.29 bits per heavy atom. The summed E-state index contributed by atoms with van der Waals surface area (Å²) in [6, 6.07) is 7.71. The van der Waals surface area contributed by atoms with E-state index in [2.05, 4.69) is 12.2 Å². The molecule has 1 saturated carbocycles. The summed E-state index contributed by atoms with van der Waals surface area (Å²) in [5, 5.41) is 2.99. The SMILES string of the molecule is CC1(C(=O)Nc2ccc(CCl)cc2)CCCC1. The summed E-state index contributed by atoms with van der Waals surface area (Å²) in [6.45, 7) is 2.06. The molecule has 1 aliphatic carbocycles. The molecule has 2 rings (SSSR count). The predicted molar refractivity (Wildman–Crippen MR) is 71.2 cm³/mol. The second kappa shape index (κ2) is 5.09. The first kappa shape index (κ1) is 12.4. The van der Waals surface area contributed by atoms with Gasteiger partial charge in [0.1, 0.15) is 0 Å². The van der Waals surface area contributed by atoms with E-state index in [1.54, 1.807) is 0 Å². The van der Waals surface area contributed by atoms with E-state index in [1.165, 1.54) is 0 Å². The van der Waals surface area contributed by atoms with Gasteiger partial charge in [0.15, 0.2) is 0 Å². The average Bonchev–Trinajstić information content (AvgIpc) is 2.78. The molecule has 1 fully saturated rings. The number of hydrogen-bond acceptors (Lipinski definition) is 1. The van der Waals surface area contributed by atoms with Crippen LogP contribution in [0, 0.1) is 5.41 Å². The molecule has 0 atom stereocenters. The van der Waals surface area contributed by atoms with Crippen LogP contribution in [-0.2, 0) is 10.7 Å². The van der Waals surface area contributed by atoms with Crippen molar-refractivity contribution in [2.75, 3.05) is 5.32 Å². The lowest BCUT2D eigenvalue weighted by molar-refractivity contribution is -0.124. The van der Waals surface area contributed by atoms with Gasteiger partial charge in [-0.2, -0.15) is 0 Å². The van der Waals surface area contributed by atoms with Crippen molar-refractivity contribution in [2.24, 2.45) is 5.41 Å². The van der Waals surface area contributed by atoms with Crippen LogP contribution >= 0.6 is 11.6 Å². The Kier molecular flexibility index (Phi) is 3.72. The Labute approximate surface area is 107 Å². The van der Waals surface area contributed by atoms with Crippen LogP contribution in [0.4, 0.5) is 5.69 Å². The third-order valence-corrected chi connectivity index (χ3v) is 3.93. The number of alkyl halides is 1. The van der Waals surface area contributed by atoms with Crippen molar-refractivity contribution in [1.29, 1.82) is 0 Å². The first-order valence-corrected chi connectivity index (χ1v) is 6.64. The lowest BCUT2D eigenvalue weighted by Gasteiger charge is -2.22. The summed E-state index contributed by atoms with van der Waals surface area (Å²) in [4.78, 5) is 12.2. The molecule has 1 aromatic carbocycles. The largest absolute Gasteiger partial charge is 0.326 e. The van der Waals surface area contributed by atoms with Gasteiger partial charge >= 0.3 is 0 Å². The van der Waals surface area contributed by atoms with Gasteiger partial charge in [-0.1, -0.05) is 31.9 Å². The Balaban J connectivity index is 2.02. The highest BCUT2D eigenvalue weighted by Crippen LogP contribution is 2.38. The van der Waals surface area contributed by atoms with E-state index in [4.69, 9.17) is 11.6 Å². The first-order chi connectivity index (χ1) is 8.14. The molecule has 0 aliphatic heterocycles. The standard InChI is InChI=1S/C14H18ClNO/c1-14(8-2-3-9-14)13(17)16-12-6-4-11(10-15)5-7-12/h4-7H,2-3,8-10H2,1H3,(H,16,17). The molecule has 1 aliphatic rings. The van der Waals surface area contributed by atoms with Crippen molar-refractivity contribution in [3.8, 4) is 0 Å². The highest BCUT2D eigenvalue weighted by molar-refractivity contribution is 6.17. The third kappa shape index (κ3) is 2.81. The molecule has 0 spiro atoms. The first-order valence-electron chi connectivity index (χ1n) is 6.10. The Morgan fingerprint density at radius 3 is 2.41 bits per heavy atom. The van der Waals surface area contributed by atoms with Gasteiger partial charge in [-0.25, -0.2) is 0 Å². The summed E-state index contributed by atoms with van der Waals surface area (Å²) in [5.41, 5.74) is 1.75. The highest BCUT2D eigenvalue weighted by Gasteiger charge is 2.36. The van der Waals surface area contributed by atoms with E-state index in [9.17, 15) is 4.79 Å². The maximum absolute atomic E-state index is 12.2. The van der Waals surface area contributed by atoms with E-state index < -0.39 is 0 Å². The molecule has 2 nitrogen and oxygen atoms in total. The van der Waals surface area contributed by atoms with Crippen molar-refractivity contribution >= 4 is 23.2 Å². The summed E-state index contributed by atoms with van der Waals surface area (Å²) < 4.78 is 0. The van der Waals surface area contributed by atoms with Crippen LogP contribution < -0.4 is 5.32 Å². The average molecular weight is 252 g/mol. The number of amides is 1. The van der Waals surface area contributed by atoms with E-state index in [1.807, 2.05) is 24.3 Å². The van der Waals surface area contributed by atoms with Gasteiger partial charge in [0.25, 0.3) is 0 Å². The minimum absolute atomic E-state index is 0.147. The third-order valence-electron chi connectivity index (χ3n) is 3.62. The fourth-order valence-corrected chi connectivity index (χ4v) is 2.52. The van der Waals surface area contributed by atoms with Gasteiger partial charge in [-0.15, -0.1) is 11.6 Å².